The Kier molecular flexibility index (Phi) is 12.6. The van der Waals surface area contributed by atoms with Gasteiger partial charge in [-0.1, -0.05) is 0 Å². The Balaban J connectivity index is -0.000000312. The van der Waals surface area contributed by atoms with Crippen LogP contribution in [0.15, 0.2) is 0 Å². The average molecular weight is 325 g/mol. The monoisotopic (exact) mass is 324 g/mol. The molecule has 1 amide bonds. The van der Waals surface area contributed by atoms with E-state index in [9.17, 15) is 18.0 Å². The number of alkyl carbamates (subject to hydrolysis) is 1. The molecular weight excluding hydrogens is 305 g/mol. The highest BCUT2D eigenvalue weighted by Crippen LogP contribution is 2.13. The zero-order chi connectivity index (χ0) is 15.7. The van der Waals surface area contributed by atoms with Crippen molar-refractivity contribution in [3.63, 3.8) is 0 Å². The molecule has 0 aromatic heterocycles. The number of likely N-dealkylation sites (N-methyl/N-ethyl adjacent to an activating group) is 1. The first kappa shape index (κ1) is 23.8. The molecule has 0 radical (unpaired) electrons. The molecule has 10 heteroatoms. The number of rotatable bonds is 3. The fourth-order valence-electron chi connectivity index (χ4n) is 0.588. The second-order valence-electron chi connectivity index (χ2n) is 4.42. The summed E-state index contributed by atoms with van der Waals surface area (Å²) >= 11 is 0. The van der Waals surface area contributed by atoms with E-state index in [0.717, 1.165) is 0 Å². The Hall–Kier alpha value is -1.22. The second kappa shape index (κ2) is 10.6. The number of carbonyl (C=O) groups excluding carboxylic acids is 1. The molecule has 0 saturated heterocycles. The lowest BCUT2D eigenvalue weighted by molar-refractivity contribution is -0.192. The van der Waals surface area contributed by atoms with Gasteiger partial charge in [-0.3, -0.25) is 0 Å². The van der Waals surface area contributed by atoms with E-state index < -0.39 is 12.1 Å². The van der Waals surface area contributed by atoms with Crippen LogP contribution in [-0.4, -0.2) is 49.1 Å². The van der Waals surface area contributed by atoms with Gasteiger partial charge in [-0.15, -0.1) is 12.4 Å². The predicted octanol–water partition coefficient (Wildman–Crippen LogP) is 1.79. The number of amides is 1. The number of hydrogen-bond acceptors (Lipinski definition) is 4. The first-order valence-electron chi connectivity index (χ1n) is 5.30. The minimum atomic E-state index is -5.08. The maximum Gasteiger partial charge on any atom is 0.490 e. The summed E-state index contributed by atoms with van der Waals surface area (Å²) < 4.78 is 36.6. The number of halogens is 4. The minimum Gasteiger partial charge on any atom is -0.475 e. The van der Waals surface area contributed by atoms with Crippen LogP contribution in [0.2, 0.25) is 0 Å². The molecule has 0 heterocycles. The fourth-order valence-corrected chi connectivity index (χ4v) is 0.588. The normalized spacial score (nSPS) is 10.6. The van der Waals surface area contributed by atoms with Crippen LogP contribution >= 0.6 is 12.4 Å². The van der Waals surface area contributed by atoms with Crippen LogP contribution in [0.1, 0.15) is 20.8 Å². The molecule has 6 nitrogen and oxygen atoms in total. The van der Waals surface area contributed by atoms with Gasteiger partial charge in [0, 0.05) is 12.1 Å². The van der Waals surface area contributed by atoms with Crippen molar-refractivity contribution >= 4 is 24.5 Å². The smallest absolute Gasteiger partial charge is 0.475 e. The quantitative estimate of drug-likeness (QED) is 0.689. The molecular formula is C10H20ClF3N2O4. The maximum atomic E-state index is 11.0. The van der Waals surface area contributed by atoms with Gasteiger partial charge in [0.05, 0.1) is 0 Å². The summed E-state index contributed by atoms with van der Waals surface area (Å²) in [4.78, 5) is 19.9. The topological polar surface area (TPSA) is 87.7 Å². The van der Waals surface area contributed by atoms with E-state index in [4.69, 9.17) is 14.6 Å². The Labute approximate surface area is 121 Å². The van der Waals surface area contributed by atoms with E-state index in [-0.39, 0.29) is 24.0 Å². The molecule has 0 aromatic rings. The molecule has 0 bridgehead atoms. The summed E-state index contributed by atoms with van der Waals surface area (Å²) in [6, 6.07) is 0. The third-order valence-corrected chi connectivity index (χ3v) is 1.30. The highest BCUT2D eigenvalue weighted by molar-refractivity contribution is 5.85. The van der Waals surface area contributed by atoms with Crippen molar-refractivity contribution < 1.29 is 32.6 Å². The zero-order valence-electron chi connectivity index (χ0n) is 11.6. The first-order valence-corrected chi connectivity index (χ1v) is 5.30. The lowest BCUT2D eigenvalue weighted by atomic mass is 10.1. The molecule has 0 fully saturated rings. The molecule has 122 valence electrons. The molecule has 0 unspecified atom stereocenters. The molecule has 0 atom stereocenters. The summed E-state index contributed by atoms with van der Waals surface area (Å²) in [7, 11) is 1.81. The third kappa shape index (κ3) is 19.1. The van der Waals surface area contributed by atoms with Crippen molar-refractivity contribution in [2.45, 2.75) is 32.5 Å². The van der Waals surface area contributed by atoms with Crippen LogP contribution in [-0.2, 0) is 9.53 Å². The number of ether oxygens (including phenoxy) is 1. The van der Waals surface area contributed by atoms with Gasteiger partial charge in [0.25, 0.3) is 0 Å². The average Bonchev–Trinajstić information content (AvgIpc) is 2.14. The minimum absolute atomic E-state index is 0. The van der Waals surface area contributed by atoms with Crippen LogP contribution in [0.4, 0.5) is 18.0 Å². The van der Waals surface area contributed by atoms with E-state index in [1.165, 1.54) is 0 Å². The van der Waals surface area contributed by atoms with Crippen molar-refractivity contribution in [3.05, 3.63) is 0 Å². The Morgan fingerprint density at radius 3 is 1.85 bits per heavy atom. The van der Waals surface area contributed by atoms with Gasteiger partial charge in [0.15, 0.2) is 0 Å². The lowest BCUT2D eigenvalue weighted by Crippen LogP contribution is -2.41. The van der Waals surface area contributed by atoms with E-state index >= 15 is 0 Å². The van der Waals surface area contributed by atoms with Crippen molar-refractivity contribution in [2.24, 2.45) is 0 Å². The molecule has 0 aromatic carbocycles. The largest absolute Gasteiger partial charge is 0.490 e. The summed E-state index contributed by atoms with van der Waals surface area (Å²) in [6.45, 7) is 6.81. The van der Waals surface area contributed by atoms with E-state index in [1.807, 2.05) is 27.8 Å². The number of hydrogen-bond donors (Lipinski definition) is 3. The highest BCUT2D eigenvalue weighted by Gasteiger charge is 2.38. The summed E-state index contributed by atoms with van der Waals surface area (Å²) in [5, 5.41) is 12.7. The van der Waals surface area contributed by atoms with Crippen molar-refractivity contribution in [3.8, 4) is 0 Å². The van der Waals surface area contributed by atoms with Gasteiger partial charge in [0.1, 0.15) is 6.61 Å². The fraction of sp³-hybridized carbons (Fsp3) is 0.800. The molecule has 0 aliphatic carbocycles. The van der Waals surface area contributed by atoms with E-state index in [0.29, 0.717) is 13.2 Å². The zero-order valence-corrected chi connectivity index (χ0v) is 12.4. The Bertz CT molecular complexity index is 293. The van der Waals surface area contributed by atoms with Crippen molar-refractivity contribution in [2.75, 3.05) is 20.2 Å². The van der Waals surface area contributed by atoms with Gasteiger partial charge in [-0.2, -0.15) is 13.2 Å². The van der Waals surface area contributed by atoms with Gasteiger partial charge in [-0.05, 0) is 27.8 Å². The number of aliphatic carboxylic acids is 1. The number of carboxylic acids is 1. The molecule has 0 aliphatic rings. The summed E-state index contributed by atoms with van der Waals surface area (Å²) in [5.41, 5.74) is -0.225. The van der Waals surface area contributed by atoms with Gasteiger partial charge in [0.2, 0.25) is 0 Å². The standard InChI is InChI=1S/C8H18N2O2.C2HF3O2.ClH/c1-8(2,3)10-7(11)12-6-5-9-4;3-2(4,5)1(6)7;/h9H,5-6H2,1-4H3,(H,10,11);(H,6,7);1H. The molecule has 3 N–H and O–H groups in total. The van der Waals surface area contributed by atoms with Crippen LogP contribution in [0.3, 0.4) is 0 Å². The van der Waals surface area contributed by atoms with Gasteiger partial charge < -0.3 is 20.5 Å². The third-order valence-electron chi connectivity index (χ3n) is 1.30. The van der Waals surface area contributed by atoms with Crippen molar-refractivity contribution in [1.82, 2.24) is 10.6 Å². The molecule has 20 heavy (non-hydrogen) atoms. The van der Waals surface area contributed by atoms with E-state index in [1.54, 1.807) is 0 Å². The number of alkyl halides is 3. The highest BCUT2D eigenvalue weighted by atomic mass is 35.5. The van der Waals surface area contributed by atoms with Crippen LogP contribution < -0.4 is 10.6 Å². The summed E-state index contributed by atoms with van der Waals surface area (Å²) in [6.07, 6.45) is -5.45. The van der Waals surface area contributed by atoms with Crippen LogP contribution in [0.5, 0.6) is 0 Å². The van der Waals surface area contributed by atoms with E-state index in [2.05, 4.69) is 10.6 Å². The SMILES string of the molecule is CNCCOC(=O)NC(C)(C)C.Cl.O=C(O)C(F)(F)F. The molecule has 0 aliphatic heterocycles. The molecule has 0 spiro atoms. The first-order chi connectivity index (χ1) is 8.40. The van der Waals surface area contributed by atoms with Gasteiger partial charge in [-0.25, -0.2) is 9.59 Å². The molecule has 0 rings (SSSR count). The predicted molar refractivity (Wildman–Crippen MR) is 69.1 cm³/mol. The number of carboxylic acid groups (broad SMARTS) is 1. The maximum absolute atomic E-state index is 11.0. The van der Waals surface area contributed by atoms with Crippen LogP contribution in [0.25, 0.3) is 0 Å². The molecule has 0 saturated carbocycles. The summed E-state index contributed by atoms with van der Waals surface area (Å²) in [5.74, 6) is -2.76. The number of carbonyl (C=O) groups is 2. The lowest BCUT2D eigenvalue weighted by Gasteiger charge is -2.19. The second-order valence-corrected chi connectivity index (χ2v) is 4.42. The van der Waals surface area contributed by atoms with Crippen molar-refractivity contribution in [1.29, 1.82) is 0 Å². The Morgan fingerprint density at radius 1 is 1.20 bits per heavy atom. The number of nitrogens with one attached hydrogen (secondary N) is 2. The Morgan fingerprint density at radius 2 is 1.60 bits per heavy atom. The van der Waals surface area contributed by atoms with Crippen LogP contribution in [0, 0.1) is 0 Å². The van der Waals surface area contributed by atoms with Gasteiger partial charge >= 0.3 is 18.2 Å².